The van der Waals surface area contributed by atoms with Gasteiger partial charge in [0, 0.05) is 30.4 Å². The van der Waals surface area contributed by atoms with Gasteiger partial charge in [-0.2, -0.15) is 4.98 Å². The van der Waals surface area contributed by atoms with E-state index in [2.05, 4.69) is 67.4 Å². The zero-order valence-electron chi connectivity index (χ0n) is 15.0. The van der Waals surface area contributed by atoms with E-state index < -0.39 is 0 Å². The van der Waals surface area contributed by atoms with Crippen molar-refractivity contribution in [2.24, 2.45) is 0 Å². The minimum Gasteiger partial charge on any atom is -0.341 e. The van der Waals surface area contributed by atoms with Crippen molar-refractivity contribution in [3.05, 3.63) is 66.2 Å². The molecule has 0 fully saturated rings. The van der Waals surface area contributed by atoms with Crippen molar-refractivity contribution >= 4 is 17.5 Å². The second-order valence-electron chi connectivity index (χ2n) is 5.97. The number of anilines is 3. The molecule has 3 rings (SSSR count). The fourth-order valence-corrected chi connectivity index (χ4v) is 2.69. The van der Waals surface area contributed by atoms with Crippen LogP contribution in [0.15, 0.2) is 60.7 Å². The monoisotopic (exact) mass is 332 g/mol. The van der Waals surface area contributed by atoms with E-state index in [1.807, 2.05) is 24.3 Å². The molecule has 0 radical (unpaired) electrons. The van der Waals surface area contributed by atoms with Gasteiger partial charge in [0.15, 0.2) is 0 Å². The van der Waals surface area contributed by atoms with Crippen LogP contribution in [0.3, 0.4) is 0 Å². The maximum atomic E-state index is 4.78. The molecular formula is C21H24N4. The van der Waals surface area contributed by atoms with Gasteiger partial charge in [-0.05, 0) is 32.9 Å². The molecule has 2 aromatic carbocycles. The van der Waals surface area contributed by atoms with Crippen molar-refractivity contribution < 1.29 is 0 Å². The van der Waals surface area contributed by atoms with E-state index in [9.17, 15) is 0 Å². The quantitative estimate of drug-likeness (QED) is 0.686. The summed E-state index contributed by atoms with van der Waals surface area (Å²) < 4.78 is 0. The van der Waals surface area contributed by atoms with Gasteiger partial charge in [-0.25, -0.2) is 4.98 Å². The molecule has 1 heterocycles. The van der Waals surface area contributed by atoms with E-state index in [0.29, 0.717) is 0 Å². The Labute approximate surface area is 149 Å². The fraction of sp³-hybridized carbons (Fsp3) is 0.238. The molecule has 0 amide bonds. The number of rotatable bonds is 6. The molecule has 25 heavy (non-hydrogen) atoms. The molecule has 0 aliphatic heterocycles. The summed E-state index contributed by atoms with van der Waals surface area (Å²) in [5, 5.41) is 3.41. The summed E-state index contributed by atoms with van der Waals surface area (Å²) in [7, 11) is 0. The third-order valence-corrected chi connectivity index (χ3v) is 4.15. The average molecular weight is 332 g/mol. The summed E-state index contributed by atoms with van der Waals surface area (Å²) in [6, 6.07) is 20.5. The number of aryl methyl sites for hydroxylation is 1. The molecule has 3 aromatic rings. The molecular weight excluding hydrogens is 308 g/mol. The van der Waals surface area contributed by atoms with Gasteiger partial charge in [0.1, 0.15) is 5.82 Å². The Balaban J connectivity index is 2.01. The van der Waals surface area contributed by atoms with Gasteiger partial charge in [-0.1, -0.05) is 48.0 Å². The largest absolute Gasteiger partial charge is 0.341 e. The number of benzene rings is 2. The maximum absolute atomic E-state index is 4.78. The first kappa shape index (κ1) is 17.0. The summed E-state index contributed by atoms with van der Waals surface area (Å²) in [5.74, 6) is 1.56. The van der Waals surface area contributed by atoms with Crippen LogP contribution in [0.1, 0.15) is 19.4 Å². The number of aromatic nitrogens is 2. The van der Waals surface area contributed by atoms with Crippen LogP contribution in [0, 0.1) is 6.92 Å². The molecule has 0 saturated carbocycles. The van der Waals surface area contributed by atoms with Gasteiger partial charge in [0.25, 0.3) is 0 Å². The Kier molecular flexibility index (Phi) is 5.29. The van der Waals surface area contributed by atoms with Crippen molar-refractivity contribution in [1.82, 2.24) is 9.97 Å². The number of hydrogen-bond donors (Lipinski definition) is 1. The van der Waals surface area contributed by atoms with Crippen molar-refractivity contribution in [1.29, 1.82) is 0 Å². The fourth-order valence-electron chi connectivity index (χ4n) is 2.69. The van der Waals surface area contributed by atoms with Crippen molar-refractivity contribution in [3.63, 3.8) is 0 Å². The van der Waals surface area contributed by atoms with E-state index in [1.165, 1.54) is 5.56 Å². The first-order valence-corrected chi connectivity index (χ1v) is 8.72. The highest BCUT2D eigenvalue weighted by Gasteiger charge is 2.11. The summed E-state index contributed by atoms with van der Waals surface area (Å²) in [4.78, 5) is 11.7. The SMILES string of the molecule is CCN(CC)c1nc(Nc2ccc(C)cc2)cc(-c2ccccc2)n1. The van der Waals surface area contributed by atoms with E-state index in [4.69, 9.17) is 9.97 Å². The second-order valence-corrected chi connectivity index (χ2v) is 5.97. The molecule has 0 spiro atoms. The van der Waals surface area contributed by atoms with Gasteiger partial charge < -0.3 is 10.2 Å². The summed E-state index contributed by atoms with van der Waals surface area (Å²) in [6.07, 6.45) is 0. The van der Waals surface area contributed by atoms with Gasteiger partial charge >= 0.3 is 0 Å². The molecule has 0 atom stereocenters. The second kappa shape index (κ2) is 7.79. The van der Waals surface area contributed by atoms with Gasteiger partial charge in [-0.15, -0.1) is 0 Å². The van der Waals surface area contributed by atoms with Crippen LogP contribution in [0.2, 0.25) is 0 Å². The Morgan fingerprint density at radius 2 is 1.56 bits per heavy atom. The van der Waals surface area contributed by atoms with Crippen LogP contribution in [-0.4, -0.2) is 23.1 Å². The van der Waals surface area contributed by atoms with Crippen LogP contribution in [0.4, 0.5) is 17.5 Å². The molecule has 4 heteroatoms. The van der Waals surface area contributed by atoms with Crippen LogP contribution in [-0.2, 0) is 0 Å². The highest BCUT2D eigenvalue weighted by atomic mass is 15.3. The predicted octanol–water partition coefficient (Wildman–Crippen LogP) is 5.04. The van der Waals surface area contributed by atoms with E-state index >= 15 is 0 Å². The van der Waals surface area contributed by atoms with Crippen molar-refractivity contribution in [2.75, 3.05) is 23.3 Å². The van der Waals surface area contributed by atoms with Gasteiger partial charge in [0.2, 0.25) is 5.95 Å². The summed E-state index contributed by atoms with van der Waals surface area (Å²) in [6.45, 7) is 8.07. The van der Waals surface area contributed by atoms with E-state index in [-0.39, 0.29) is 0 Å². The molecule has 1 N–H and O–H groups in total. The highest BCUT2D eigenvalue weighted by molar-refractivity contribution is 5.67. The number of nitrogens with one attached hydrogen (secondary N) is 1. The normalized spacial score (nSPS) is 10.5. The molecule has 0 saturated heterocycles. The average Bonchev–Trinajstić information content (AvgIpc) is 2.65. The van der Waals surface area contributed by atoms with Crippen molar-refractivity contribution in [3.8, 4) is 11.3 Å². The smallest absolute Gasteiger partial charge is 0.227 e. The van der Waals surface area contributed by atoms with E-state index in [0.717, 1.165) is 41.8 Å². The topological polar surface area (TPSA) is 41.1 Å². The van der Waals surface area contributed by atoms with Crippen LogP contribution < -0.4 is 10.2 Å². The van der Waals surface area contributed by atoms with Crippen LogP contribution in [0.5, 0.6) is 0 Å². The third kappa shape index (κ3) is 4.15. The minimum atomic E-state index is 0.751. The van der Waals surface area contributed by atoms with Crippen LogP contribution in [0.25, 0.3) is 11.3 Å². The molecule has 0 bridgehead atoms. The Bertz CT molecular complexity index is 809. The van der Waals surface area contributed by atoms with Gasteiger partial charge in [-0.3, -0.25) is 0 Å². The zero-order valence-corrected chi connectivity index (χ0v) is 15.0. The summed E-state index contributed by atoms with van der Waals surface area (Å²) in [5.41, 5.74) is 4.27. The molecule has 1 aromatic heterocycles. The van der Waals surface area contributed by atoms with Crippen LogP contribution >= 0.6 is 0 Å². The number of nitrogens with zero attached hydrogens (tertiary/aromatic N) is 3. The van der Waals surface area contributed by atoms with Crippen molar-refractivity contribution in [2.45, 2.75) is 20.8 Å². The molecule has 128 valence electrons. The molecule has 4 nitrogen and oxygen atoms in total. The molecule has 0 unspecified atom stereocenters. The zero-order chi connectivity index (χ0) is 17.6. The lowest BCUT2D eigenvalue weighted by molar-refractivity contribution is 0.823. The Morgan fingerprint density at radius 1 is 0.880 bits per heavy atom. The summed E-state index contributed by atoms with van der Waals surface area (Å²) >= 11 is 0. The first-order chi connectivity index (χ1) is 12.2. The predicted molar refractivity (Wildman–Crippen MR) is 105 cm³/mol. The molecule has 0 aliphatic rings. The third-order valence-electron chi connectivity index (χ3n) is 4.15. The first-order valence-electron chi connectivity index (χ1n) is 8.72. The Morgan fingerprint density at radius 3 is 2.20 bits per heavy atom. The lowest BCUT2D eigenvalue weighted by Crippen LogP contribution is -2.24. The highest BCUT2D eigenvalue weighted by Crippen LogP contribution is 2.25. The minimum absolute atomic E-state index is 0.751. The lowest BCUT2D eigenvalue weighted by Gasteiger charge is -2.20. The lowest BCUT2D eigenvalue weighted by atomic mass is 10.1. The number of hydrogen-bond acceptors (Lipinski definition) is 4. The van der Waals surface area contributed by atoms with Gasteiger partial charge in [0.05, 0.1) is 5.69 Å². The standard InChI is InChI=1S/C21H24N4/c1-4-25(5-2)21-23-19(17-9-7-6-8-10-17)15-20(24-21)22-18-13-11-16(3)12-14-18/h6-15H,4-5H2,1-3H3,(H,22,23,24). The molecule has 0 aliphatic carbocycles. The Hall–Kier alpha value is -2.88. The van der Waals surface area contributed by atoms with E-state index in [1.54, 1.807) is 0 Å². The maximum Gasteiger partial charge on any atom is 0.227 e.